The molecule has 2 aliphatic rings. The SMILES string of the molecule is CCN(C1CCc2c(Br)cccc21)C1CCCC1CN. The minimum atomic E-state index is 0.602. The quantitative estimate of drug-likeness (QED) is 0.903. The van der Waals surface area contributed by atoms with Crippen molar-refractivity contribution in [1.29, 1.82) is 0 Å². The lowest BCUT2D eigenvalue weighted by molar-refractivity contribution is 0.114. The smallest absolute Gasteiger partial charge is 0.0357 e. The third-order valence-corrected chi connectivity index (χ3v) is 6.04. The molecule has 2 N–H and O–H groups in total. The molecule has 3 heteroatoms. The summed E-state index contributed by atoms with van der Waals surface area (Å²) in [6, 6.07) is 7.98. The van der Waals surface area contributed by atoms with Crippen molar-refractivity contribution in [3.05, 3.63) is 33.8 Å². The van der Waals surface area contributed by atoms with E-state index in [2.05, 4.69) is 46.0 Å². The average Bonchev–Trinajstić information content (AvgIpc) is 3.08. The van der Waals surface area contributed by atoms with E-state index < -0.39 is 0 Å². The first-order chi connectivity index (χ1) is 9.76. The first-order valence-electron chi connectivity index (χ1n) is 7.99. The summed E-state index contributed by atoms with van der Waals surface area (Å²) in [4.78, 5) is 2.74. The van der Waals surface area contributed by atoms with Gasteiger partial charge >= 0.3 is 0 Å². The number of halogens is 1. The van der Waals surface area contributed by atoms with Gasteiger partial charge in [0.05, 0.1) is 0 Å². The molecule has 110 valence electrons. The lowest BCUT2D eigenvalue weighted by atomic mass is 9.98. The Morgan fingerprint density at radius 3 is 2.90 bits per heavy atom. The van der Waals surface area contributed by atoms with E-state index in [1.807, 2.05) is 0 Å². The van der Waals surface area contributed by atoms with Crippen molar-refractivity contribution in [2.75, 3.05) is 13.1 Å². The summed E-state index contributed by atoms with van der Waals surface area (Å²) in [5.41, 5.74) is 9.07. The lowest BCUT2D eigenvalue weighted by Crippen LogP contribution is -2.42. The summed E-state index contributed by atoms with van der Waals surface area (Å²) in [6.45, 7) is 4.29. The number of nitrogens with zero attached hydrogens (tertiary/aromatic N) is 1. The molecule has 2 nitrogen and oxygen atoms in total. The molecule has 3 atom stereocenters. The zero-order chi connectivity index (χ0) is 14.1. The fourth-order valence-corrected chi connectivity index (χ4v) is 4.93. The third kappa shape index (κ3) is 2.44. The van der Waals surface area contributed by atoms with Gasteiger partial charge in [-0.1, -0.05) is 41.4 Å². The van der Waals surface area contributed by atoms with Gasteiger partial charge in [-0.3, -0.25) is 4.90 Å². The molecule has 1 aromatic carbocycles. The summed E-state index contributed by atoms with van der Waals surface area (Å²) in [6.07, 6.45) is 6.46. The Morgan fingerprint density at radius 1 is 1.30 bits per heavy atom. The van der Waals surface area contributed by atoms with E-state index in [-0.39, 0.29) is 0 Å². The van der Waals surface area contributed by atoms with Crippen molar-refractivity contribution in [3.63, 3.8) is 0 Å². The van der Waals surface area contributed by atoms with Crippen molar-refractivity contribution in [1.82, 2.24) is 4.90 Å². The largest absolute Gasteiger partial charge is 0.330 e. The molecule has 1 fully saturated rings. The summed E-state index contributed by atoms with van der Waals surface area (Å²) >= 11 is 3.72. The van der Waals surface area contributed by atoms with Gasteiger partial charge in [0.25, 0.3) is 0 Å². The van der Waals surface area contributed by atoms with E-state index in [1.165, 1.54) is 42.1 Å². The minimum Gasteiger partial charge on any atom is -0.330 e. The van der Waals surface area contributed by atoms with E-state index in [1.54, 1.807) is 5.56 Å². The maximum atomic E-state index is 6.00. The Hall–Kier alpha value is -0.380. The number of hydrogen-bond donors (Lipinski definition) is 1. The van der Waals surface area contributed by atoms with Crippen LogP contribution in [0.5, 0.6) is 0 Å². The van der Waals surface area contributed by atoms with E-state index in [0.29, 0.717) is 18.0 Å². The van der Waals surface area contributed by atoms with Crippen LogP contribution in [0.2, 0.25) is 0 Å². The molecule has 0 radical (unpaired) electrons. The Balaban J connectivity index is 1.87. The molecule has 0 amide bonds. The number of rotatable bonds is 4. The number of hydrogen-bond acceptors (Lipinski definition) is 2. The van der Waals surface area contributed by atoms with Crippen LogP contribution in [-0.4, -0.2) is 24.0 Å². The lowest BCUT2D eigenvalue weighted by Gasteiger charge is -2.37. The van der Waals surface area contributed by atoms with Crippen molar-refractivity contribution in [3.8, 4) is 0 Å². The predicted octanol–water partition coefficient (Wildman–Crippen LogP) is 3.89. The van der Waals surface area contributed by atoms with Gasteiger partial charge in [0, 0.05) is 16.6 Å². The van der Waals surface area contributed by atoms with Crippen LogP contribution < -0.4 is 5.73 Å². The van der Waals surface area contributed by atoms with E-state index in [4.69, 9.17) is 5.73 Å². The summed E-state index contributed by atoms with van der Waals surface area (Å²) in [5, 5.41) is 0. The van der Waals surface area contributed by atoms with Gasteiger partial charge < -0.3 is 5.73 Å². The van der Waals surface area contributed by atoms with Crippen molar-refractivity contribution < 1.29 is 0 Å². The maximum Gasteiger partial charge on any atom is 0.0357 e. The Bertz CT molecular complexity index is 474. The van der Waals surface area contributed by atoms with Gasteiger partial charge in [-0.15, -0.1) is 0 Å². The van der Waals surface area contributed by atoms with Crippen LogP contribution in [-0.2, 0) is 6.42 Å². The molecule has 1 saturated carbocycles. The first-order valence-corrected chi connectivity index (χ1v) is 8.78. The van der Waals surface area contributed by atoms with Crippen molar-refractivity contribution >= 4 is 15.9 Å². The molecule has 3 rings (SSSR count). The molecular formula is C17H25BrN2. The topological polar surface area (TPSA) is 29.3 Å². The molecule has 20 heavy (non-hydrogen) atoms. The Kier molecular flexibility index (Phi) is 4.49. The molecule has 0 aliphatic heterocycles. The Labute approximate surface area is 130 Å². The van der Waals surface area contributed by atoms with Gasteiger partial charge in [-0.25, -0.2) is 0 Å². The predicted molar refractivity (Wildman–Crippen MR) is 87.8 cm³/mol. The maximum absolute atomic E-state index is 6.00. The number of fused-ring (bicyclic) bond motifs is 1. The standard InChI is InChI=1S/C17H25BrN2/c1-2-20(16-8-3-5-12(16)11-19)17-10-9-13-14(17)6-4-7-15(13)18/h4,6-7,12,16-17H,2-3,5,8-11,19H2,1H3. The van der Waals surface area contributed by atoms with Crippen LogP contribution in [0.25, 0.3) is 0 Å². The van der Waals surface area contributed by atoms with Crippen molar-refractivity contribution in [2.45, 2.75) is 51.1 Å². The third-order valence-electron chi connectivity index (χ3n) is 5.30. The molecule has 2 aliphatic carbocycles. The molecule has 0 heterocycles. The zero-order valence-corrected chi connectivity index (χ0v) is 13.9. The fourth-order valence-electron chi connectivity index (χ4n) is 4.35. The molecule has 1 aromatic rings. The average molecular weight is 337 g/mol. The fraction of sp³-hybridized carbons (Fsp3) is 0.647. The van der Waals surface area contributed by atoms with Gasteiger partial charge in [-0.05, 0) is 61.9 Å². The highest BCUT2D eigenvalue weighted by Crippen LogP contribution is 2.42. The second kappa shape index (κ2) is 6.17. The van der Waals surface area contributed by atoms with E-state index in [0.717, 1.165) is 13.1 Å². The van der Waals surface area contributed by atoms with Crippen molar-refractivity contribution in [2.24, 2.45) is 11.7 Å². The second-order valence-corrected chi connectivity index (χ2v) is 7.04. The summed E-state index contributed by atoms with van der Waals surface area (Å²) in [5.74, 6) is 0.700. The summed E-state index contributed by atoms with van der Waals surface area (Å²) < 4.78 is 1.29. The van der Waals surface area contributed by atoms with Crippen LogP contribution in [0, 0.1) is 5.92 Å². The number of nitrogens with two attached hydrogens (primary N) is 1. The van der Waals surface area contributed by atoms with E-state index >= 15 is 0 Å². The second-order valence-electron chi connectivity index (χ2n) is 6.19. The Morgan fingerprint density at radius 2 is 2.15 bits per heavy atom. The van der Waals surface area contributed by atoms with Crippen LogP contribution in [0.4, 0.5) is 0 Å². The molecule has 0 bridgehead atoms. The highest BCUT2D eigenvalue weighted by atomic mass is 79.9. The first kappa shape index (κ1) is 14.6. The van der Waals surface area contributed by atoms with Crippen LogP contribution in [0.3, 0.4) is 0 Å². The minimum absolute atomic E-state index is 0.602. The molecule has 3 unspecified atom stereocenters. The molecule has 0 saturated heterocycles. The van der Waals surface area contributed by atoms with Gasteiger partial charge in [0.2, 0.25) is 0 Å². The molecular weight excluding hydrogens is 312 g/mol. The normalized spacial score (nSPS) is 29.1. The monoisotopic (exact) mass is 336 g/mol. The highest BCUT2D eigenvalue weighted by molar-refractivity contribution is 9.10. The highest BCUT2D eigenvalue weighted by Gasteiger charge is 2.37. The van der Waals surface area contributed by atoms with Gasteiger partial charge in [0.15, 0.2) is 0 Å². The summed E-state index contributed by atoms with van der Waals surface area (Å²) in [7, 11) is 0. The van der Waals surface area contributed by atoms with Crippen LogP contribution in [0.1, 0.15) is 49.8 Å². The van der Waals surface area contributed by atoms with E-state index in [9.17, 15) is 0 Å². The van der Waals surface area contributed by atoms with Gasteiger partial charge in [-0.2, -0.15) is 0 Å². The molecule has 0 spiro atoms. The van der Waals surface area contributed by atoms with Gasteiger partial charge in [0.1, 0.15) is 0 Å². The number of benzene rings is 1. The van der Waals surface area contributed by atoms with Crippen LogP contribution in [0.15, 0.2) is 22.7 Å². The molecule has 0 aromatic heterocycles. The zero-order valence-electron chi connectivity index (χ0n) is 12.3. The van der Waals surface area contributed by atoms with Crippen LogP contribution >= 0.6 is 15.9 Å².